The van der Waals surface area contributed by atoms with Gasteiger partial charge in [-0.15, -0.1) is 11.8 Å². The minimum atomic E-state index is -0.109. The number of fused-ring (bicyclic) bond motifs is 3. The van der Waals surface area contributed by atoms with E-state index in [0.717, 1.165) is 5.75 Å². The van der Waals surface area contributed by atoms with Gasteiger partial charge in [-0.05, 0) is 43.5 Å². The summed E-state index contributed by atoms with van der Waals surface area (Å²) < 4.78 is 1.91. The lowest BCUT2D eigenvalue weighted by molar-refractivity contribution is 0.0625. The molecule has 1 atom stereocenters. The van der Waals surface area contributed by atoms with Crippen molar-refractivity contribution < 1.29 is 4.79 Å². The number of benzene rings is 2. The summed E-state index contributed by atoms with van der Waals surface area (Å²) in [6, 6.07) is 18.6. The molecule has 31 heavy (non-hydrogen) atoms. The molecule has 5 nitrogen and oxygen atoms in total. The summed E-state index contributed by atoms with van der Waals surface area (Å²) in [7, 11) is 0. The Morgan fingerprint density at radius 2 is 1.68 bits per heavy atom. The minimum Gasteiger partial charge on any atom is -0.316 e. The molecule has 2 aliphatic rings. The first-order chi connectivity index (χ1) is 15.0. The van der Waals surface area contributed by atoms with Crippen LogP contribution in [-0.4, -0.2) is 28.2 Å². The van der Waals surface area contributed by atoms with Crippen LogP contribution in [0.1, 0.15) is 52.6 Å². The number of carbonyl (C=O) groups is 1. The van der Waals surface area contributed by atoms with E-state index in [1.54, 1.807) is 19.2 Å². The van der Waals surface area contributed by atoms with E-state index in [2.05, 4.69) is 53.5 Å². The predicted octanol–water partition coefficient (Wildman–Crippen LogP) is 4.31. The third-order valence-corrected chi connectivity index (χ3v) is 7.36. The van der Waals surface area contributed by atoms with Crippen LogP contribution in [0, 0.1) is 6.92 Å². The Labute approximate surface area is 186 Å². The standard InChI is InChI=1S/C25H25N3O2S/c1-16(2)26-15-28(27-13-12-21(29)17(3)23(27)25(26)30)24-19-9-5-4-8-18(19)14-31-22-11-7-6-10-20(22)24/h4-13,16,24H,14-15H2,1-3H3. The number of nitrogens with zero attached hydrogens (tertiary/aromatic N) is 3. The number of amides is 1. The number of carbonyl (C=O) groups excluding carboxylic acids is 1. The second kappa shape index (κ2) is 7.61. The Hall–Kier alpha value is -2.99. The topological polar surface area (TPSA) is 45.6 Å². The molecule has 0 fully saturated rings. The van der Waals surface area contributed by atoms with E-state index in [4.69, 9.17) is 0 Å². The molecule has 1 aromatic heterocycles. The lowest BCUT2D eigenvalue weighted by atomic mass is 9.94. The fourth-order valence-electron chi connectivity index (χ4n) is 4.54. The van der Waals surface area contributed by atoms with Crippen LogP contribution in [0.25, 0.3) is 0 Å². The zero-order valence-corrected chi connectivity index (χ0v) is 18.7. The molecule has 1 amide bonds. The second-order valence-corrected chi connectivity index (χ2v) is 9.39. The number of thioether (sulfide) groups is 1. The fraction of sp³-hybridized carbons (Fsp3) is 0.280. The molecule has 2 aliphatic heterocycles. The highest BCUT2D eigenvalue weighted by Crippen LogP contribution is 2.42. The van der Waals surface area contributed by atoms with Gasteiger partial charge >= 0.3 is 0 Å². The van der Waals surface area contributed by atoms with Crippen LogP contribution in [0.15, 0.2) is 70.5 Å². The van der Waals surface area contributed by atoms with Gasteiger partial charge in [0.25, 0.3) is 5.91 Å². The van der Waals surface area contributed by atoms with Gasteiger partial charge in [-0.3, -0.25) is 19.3 Å². The zero-order chi connectivity index (χ0) is 21.7. The summed E-state index contributed by atoms with van der Waals surface area (Å²) in [4.78, 5) is 28.9. The van der Waals surface area contributed by atoms with E-state index in [1.165, 1.54) is 21.6 Å². The van der Waals surface area contributed by atoms with E-state index in [-0.39, 0.29) is 23.4 Å². The molecule has 0 saturated carbocycles. The summed E-state index contributed by atoms with van der Waals surface area (Å²) >= 11 is 1.85. The summed E-state index contributed by atoms with van der Waals surface area (Å²) in [5.41, 5.74) is 4.59. The number of pyridine rings is 1. The first-order valence-electron chi connectivity index (χ1n) is 10.6. The summed E-state index contributed by atoms with van der Waals surface area (Å²) in [5, 5.41) is 2.23. The van der Waals surface area contributed by atoms with Gasteiger partial charge in [-0.25, -0.2) is 0 Å². The average Bonchev–Trinajstić information content (AvgIpc) is 2.93. The van der Waals surface area contributed by atoms with Crippen molar-refractivity contribution in [3.05, 3.63) is 99.0 Å². The van der Waals surface area contributed by atoms with Crippen LogP contribution in [0.4, 0.5) is 0 Å². The summed E-state index contributed by atoms with van der Waals surface area (Å²) in [6.45, 7) is 6.24. The maximum Gasteiger partial charge on any atom is 0.274 e. The molecule has 1 unspecified atom stereocenters. The number of rotatable bonds is 2. The van der Waals surface area contributed by atoms with Crippen LogP contribution in [-0.2, 0) is 5.75 Å². The normalized spacial score (nSPS) is 17.8. The van der Waals surface area contributed by atoms with Crippen LogP contribution in [0.5, 0.6) is 0 Å². The maximum atomic E-state index is 13.4. The van der Waals surface area contributed by atoms with Crippen LogP contribution >= 0.6 is 11.8 Å². The molecule has 6 heteroatoms. The van der Waals surface area contributed by atoms with Crippen LogP contribution in [0.3, 0.4) is 0 Å². The van der Waals surface area contributed by atoms with E-state index in [1.807, 2.05) is 35.2 Å². The van der Waals surface area contributed by atoms with E-state index >= 15 is 0 Å². The Kier molecular flexibility index (Phi) is 4.89. The van der Waals surface area contributed by atoms with Crippen LogP contribution in [0.2, 0.25) is 0 Å². The van der Waals surface area contributed by atoms with E-state index < -0.39 is 0 Å². The highest BCUT2D eigenvalue weighted by Gasteiger charge is 2.38. The van der Waals surface area contributed by atoms with Gasteiger partial charge in [0, 0.05) is 34.5 Å². The predicted molar refractivity (Wildman–Crippen MR) is 124 cm³/mol. The van der Waals surface area contributed by atoms with Gasteiger partial charge in [-0.1, -0.05) is 42.5 Å². The first-order valence-corrected chi connectivity index (χ1v) is 11.6. The lowest BCUT2D eigenvalue weighted by Gasteiger charge is -2.45. The van der Waals surface area contributed by atoms with Gasteiger partial charge in [0.1, 0.15) is 12.4 Å². The van der Waals surface area contributed by atoms with Crippen molar-refractivity contribution in [2.75, 3.05) is 11.7 Å². The molecule has 0 N–H and O–H groups in total. The van der Waals surface area contributed by atoms with Crippen molar-refractivity contribution in [2.24, 2.45) is 0 Å². The molecule has 158 valence electrons. The minimum absolute atomic E-state index is 0.0177. The fourth-order valence-corrected chi connectivity index (χ4v) is 5.64. The molecule has 0 saturated heterocycles. The smallest absolute Gasteiger partial charge is 0.274 e. The van der Waals surface area contributed by atoms with E-state index in [9.17, 15) is 9.59 Å². The molecule has 0 spiro atoms. The lowest BCUT2D eigenvalue weighted by Crippen LogP contribution is -2.57. The van der Waals surface area contributed by atoms with Crippen molar-refractivity contribution in [1.29, 1.82) is 0 Å². The van der Waals surface area contributed by atoms with Gasteiger partial charge in [-0.2, -0.15) is 0 Å². The number of hydrogen-bond donors (Lipinski definition) is 0. The van der Waals surface area contributed by atoms with Crippen molar-refractivity contribution in [3.8, 4) is 0 Å². The third kappa shape index (κ3) is 3.17. The third-order valence-electron chi connectivity index (χ3n) is 6.23. The first kappa shape index (κ1) is 19.9. The molecule has 5 rings (SSSR count). The largest absolute Gasteiger partial charge is 0.316 e. The Morgan fingerprint density at radius 1 is 0.968 bits per heavy atom. The number of hydrogen-bond acceptors (Lipinski definition) is 4. The molecule has 3 aromatic rings. The van der Waals surface area contributed by atoms with Gasteiger partial charge in [0.05, 0.1) is 6.04 Å². The molecular formula is C25H25N3O2S. The Morgan fingerprint density at radius 3 is 2.45 bits per heavy atom. The molecular weight excluding hydrogens is 406 g/mol. The van der Waals surface area contributed by atoms with Crippen molar-refractivity contribution in [2.45, 2.75) is 43.5 Å². The molecule has 0 bridgehead atoms. The van der Waals surface area contributed by atoms with Crippen molar-refractivity contribution in [3.63, 3.8) is 0 Å². The quantitative estimate of drug-likeness (QED) is 0.607. The van der Waals surface area contributed by atoms with E-state index in [0.29, 0.717) is 17.9 Å². The zero-order valence-electron chi connectivity index (χ0n) is 17.9. The molecule has 3 heterocycles. The molecule has 0 radical (unpaired) electrons. The summed E-state index contributed by atoms with van der Waals surface area (Å²) in [6.07, 6.45) is 1.75. The molecule has 0 aliphatic carbocycles. The maximum absolute atomic E-state index is 13.4. The van der Waals surface area contributed by atoms with Gasteiger partial charge in [0.15, 0.2) is 5.43 Å². The van der Waals surface area contributed by atoms with Crippen molar-refractivity contribution in [1.82, 2.24) is 9.58 Å². The highest BCUT2D eigenvalue weighted by molar-refractivity contribution is 7.98. The van der Waals surface area contributed by atoms with Gasteiger partial charge < -0.3 is 4.90 Å². The van der Waals surface area contributed by atoms with Crippen LogP contribution < -0.4 is 10.4 Å². The highest BCUT2D eigenvalue weighted by atomic mass is 32.2. The average molecular weight is 432 g/mol. The monoisotopic (exact) mass is 431 g/mol. The number of aromatic nitrogens is 1. The summed E-state index contributed by atoms with van der Waals surface area (Å²) in [5.74, 6) is 0.812. The van der Waals surface area contributed by atoms with Crippen molar-refractivity contribution >= 4 is 17.7 Å². The SMILES string of the molecule is Cc1c2n(ccc1=O)N(C1c3ccccc3CSc3ccccc31)CN(C(C)C)C2=O. The van der Waals surface area contributed by atoms with Gasteiger partial charge in [0.2, 0.25) is 0 Å². The Balaban J connectivity index is 1.79. The second-order valence-electron chi connectivity index (χ2n) is 8.38. The Bertz CT molecular complexity index is 1190. The molecule has 2 aromatic carbocycles.